The highest BCUT2D eigenvalue weighted by molar-refractivity contribution is 6.08. The zero-order chi connectivity index (χ0) is 19.9. The minimum absolute atomic E-state index is 0.289. The molecule has 1 aliphatic rings. The van der Waals surface area contributed by atoms with Crippen LogP contribution in [0.4, 0.5) is 17.1 Å². The van der Waals surface area contributed by atoms with E-state index in [1.165, 1.54) is 20.0 Å². The molecule has 0 aliphatic carbocycles. The number of nitrogens with one attached hydrogen (secondary N) is 2. The Hall–Kier alpha value is -3.22. The summed E-state index contributed by atoms with van der Waals surface area (Å²) in [7, 11) is 3.05. The van der Waals surface area contributed by atoms with Crippen molar-refractivity contribution in [2.24, 2.45) is 0 Å². The second-order valence-corrected chi connectivity index (χ2v) is 6.58. The van der Waals surface area contributed by atoms with Gasteiger partial charge in [-0.25, -0.2) is 0 Å². The lowest BCUT2D eigenvalue weighted by Gasteiger charge is -2.17. The first kappa shape index (κ1) is 19.5. The summed E-state index contributed by atoms with van der Waals surface area (Å²) in [5.41, 5.74) is 2.30. The summed E-state index contributed by atoms with van der Waals surface area (Å²) in [6, 6.07) is 12.7. The monoisotopic (exact) mass is 383 g/mol. The number of amides is 2. The Morgan fingerprint density at radius 2 is 1.61 bits per heavy atom. The van der Waals surface area contributed by atoms with Crippen molar-refractivity contribution < 1.29 is 19.1 Å². The molecule has 2 aromatic rings. The summed E-state index contributed by atoms with van der Waals surface area (Å²) >= 11 is 0. The molecule has 1 fully saturated rings. The van der Waals surface area contributed by atoms with E-state index in [4.69, 9.17) is 9.47 Å². The van der Waals surface area contributed by atoms with E-state index in [0.717, 1.165) is 18.8 Å². The van der Waals surface area contributed by atoms with Crippen LogP contribution >= 0.6 is 0 Å². The van der Waals surface area contributed by atoms with Crippen LogP contribution in [0.15, 0.2) is 42.5 Å². The second kappa shape index (κ2) is 9.12. The van der Waals surface area contributed by atoms with Gasteiger partial charge in [0.25, 0.3) is 0 Å². The van der Waals surface area contributed by atoms with Crippen LogP contribution < -0.4 is 25.0 Å². The zero-order valence-electron chi connectivity index (χ0n) is 16.2. The smallest absolute Gasteiger partial charge is 0.233 e. The molecule has 0 atom stereocenters. The van der Waals surface area contributed by atoms with Crippen molar-refractivity contribution in [3.63, 3.8) is 0 Å². The third-order valence-corrected chi connectivity index (χ3v) is 4.63. The highest BCUT2D eigenvalue weighted by Gasteiger charge is 2.14. The van der Waals surface area contributed by atoms with Crippen molar-refractivity contribution in [3.8, 4) is 11.5 Å². The standard InChI is InChI=1S/C21H25N3O4/c1-27-17-9-10-18(19(13-17)28-2)23-21(26)14-20(25)22-15-5-7-16(8-6-15)24-11-3-4-12-24/h5-10,13H,3-4,11-12,14H2,1-2H3,(H,22,25)(H,23,26). The molecule has 0 spiro atoms. The van der Waals surface area contributed by atoms with Crippen LogP contribution in [-0.4, -0.2) is 39.1 Å². The number of methoxy groups -OCH3 is 2. The summed E-state index contributed by atoms with van der Waals surface area (Å²) in [6.07, 6.45) is 2.14. The number of hydrogen-bond donors (Lipinski definition) is 2. The maximum absolute atomic E-state index is 12.2. The topological polar surface area (TPSA) is 79.9 Å². The van der Waals surface area contributed by atoms with E-state index >= 15 is 0 Å². The fourth-order valence-corrected chi connectivity index (χ4v) is 3.18. The number of benzene rings is 2. The van der Waals surface area contributed by atoms with Crippen LogP contribution in [0.25, 0.3) is 0 Å². The molecule has 0 bridgehead atoms. The number of rotatable bonds is 7. The van der Waals surface area contributed by atoms with Gasteiger partial charge in [0, 0.05) is 30.5 Å². The molecule has 7 nitrogen and oxygen atoms in total. The number of ether oxygens (including phenoxy) is 2. The van der Waals surface area contributed by atoms with Gasteiger partial charge in [0.2, 0.25) is 11.8 Å². The first-order chi connectivity index (χ1) is 13.6. The van der Waals surface area contributed by atoms with Crippen molar-refractivity contribution in [2.75, 3.05) is 42.8 Å². The lowest BCUT2D eigenvalue weighted by atomic mass is 10.2. The molecule has 1 saturated heterocycles. The molecule has 28 heavy (non-hydrogen) atoms. The molecule has 0 radical (unpaired) electrons. The lowest BCUT2D eigenvalue weighted by Crippen LogP contribution is -2.22. The van der Waals surface area contributed by atoms with Gasteiger partial charge in [-0.3, -0.25) is 9.59 Å². The number of hydrogen-bond acceptors (Lipinski definition) is 5. The van der Waals surface area contributed by atoms with Crippen molar-refractivity contribution in [1.29, 1.82) is 0 Å². The fraction of sp³-hybridized carbons (Fsp3) is 0.333. The maximum atomic E-state index is 12.2. The Labute approximate surface area is 164 Å². The summed E-state index contributed by atoms with van der Waals surface area (Å²) < 4.78 is 10.4. The minimum Gasteiger partial charge on any atom is -0.497 e. The molecule has 0 unspecified atom stereocenters. The van der Waals surface area contributed by atoms with Gasteiger partial charge in [0.05, 0.1) is 19.9 Å². The van der Waals surface area contributed by atoms with Crippen molar-refractivity contribution in [3.05, 3.63) is 42.5 Å². The molecule has 2 aromatic carbocycles. The van der Waals surface area contributed by atoms with Crippen molar-refractivity contribution in [2.45, 2.75) is 19.3 Å². The molecular weight excluding hydrogens is 358 g/mol. The predicted molar refractivity (Wildman–Crippen MR) is 109 cm³/mol. The molecule has 0 saturated carbocycles. The van der Waals surface area contributed by atoms with Gasteiger partial charge in [0.15, 0.2) is 0 Å². The Kier molecular flexibility index (Phi) is 6.37. The van der Waals surface area contributed by atoms with E-state index in [0.29, 0.717) is 22.9 Å². The van der Waals surface area contributed by atoms with Gasteiger partial charge in [-0.2, -0.15) is 0 Å². The Bertz CT molecular complexity index is 830. The molecule has 1 heterocycles. The predicted octanol–water partition coefficient (Wildman–Crippen LogP) is 3.27. The van der Waals surface area contributed by atoms with Crippen molar-refractivity contribution >= 4 is 28.9 Å². The van der Waals surface area contributed by atoms with Gasteiger partial charge >= 0.3 is 0 Å². The third-order valence-electron chi connectivity index (χ3n) is 4.63. The van der Waals surface area contributed by atoms with Crippen molar-refractivity contribution in [1.82, 2.24) is 0 Å². The van der Waals surface area contributed by atoms with Gasteiger partial charge < -0.3 is 25.0 Å². The largest absolute Gasteiger partial charge is 0.497 e. The van der Waals surface area contributed by atoms with E-state index in [-0.39, 0.29) is 12.3 Å². The van der Waals surface area contributed by atoms with Gasteiger partial charge in [-0.15, -0.1) is 0 Å². The Morgan fingerprint density at radius 3 is 2.25 bits per heavy atom. The Morgan fingerprint density at radius 1 is 0.929 bits per heavy atom. The summed E-state index contributed by atoms with van der Waals surface area (Å²) in [5.74, 6) is 0.282. The molecule has 1 aliphatic heterocycles. The van der Waals surface area contributed by atoms with E-state index < -0.39 is 5.91 Å². The SMILES string of the molecule is COc1ccc(NC(=O)CC(=O)Nc2ccc(N3CCCC3)cc2)c(OC)c1. The molecule has 3 rings (SSSR count). The van der Waals surface area contributed by atoms with Crippen LogP contribution in [0.3, 0.4) is 0 Å². The van der Waals surface area contributed by atoms with Gasteiger partial charge in [-0.1, -0.05) is 0 Å². The van der Waals surface area contributed by atoms with Crippen LogP contribution in [0.1, 0.15) is 19.3 Å². The van der Waals surface area contributed by atoms with Crippen LogP contribution in [0.2, 0.25) is 0 Å². The van der Waals surface area contributed by atoms with Gasteiger partial charge in [-0.05, 0) is 49.2 Å². The lowest BCUT2D eigenvalue weighted by molar-refractivity contribution is -0.123. The molecule has 7 heteroatoms. The normalized spacial score (nSPS) is 13.1. The highest BCUT2D eigenvalue weighted by Crippen LogP contribution is 2.29. The molecular formula is C21H25N3O4. The van der Waals surface area contributed by atoms with Crippen LogP contribution in [-0.2, 0) is 9.59 Å². The average Bonchev–Trinajstić information content (AvgIpc) is 3.23. The first-order valence-electron chi connectivity index (χ1n) is 9.26. The summed E-state index contributed by atoms with van der Waals surface area (Å²) in [4.78, 5) is 26.7. The molecule has 2 amide bonds. The maximum Gasteiger partial charge on any atom is 0.233 e. The molecule has 148 valence electrons. The van der Waals surface area contributed by atoms with E-state index in [2.05, 4.69) is 15.5 Å². The summed E-state index contributed by atoms with van der Waals surface area (Å²) in [5, 5.41) is 5.44. The zero-order valence-corrected chi connectivity index (χ0v) is 16.2. The Balaban J connectivity index is 1.53. The number of anilines is 3. The van der Waals surface area contributed by atoms with Gasteiger partial charge in [0.1, 0.15) is 17.9 Å². The number of nitrogens with zero attached hydrogens (tertiary/aromatic N) is 1. The quantitative estimate of drug-likeness (QED) is 0.718. The van der Waals surface area contributed by atoms with E-state index in [1.54, 1.807) is 25.3 Å². The number of carbonyl (C=O) groups excluding carboxylic acids is 2. The molecule has 2 N–H and O–H groups in total. The van der Waals surface area contributed by atoms with E-state index in [1.807, 2.05) is 24.3 Å². The molecule has 0 aromatic heterocycles. The number of carbonyl (C=O) groups is 2. The van der Waals surface area contributed by atoms with Crippen LogP contribution in [0.5, 0.6) is 11.5 Å². The van der Waals surface area contributed by atoms with E-state index in [9.17, 15) is 9.59 Å². The summed E-state index contributed by atoms with van der Waals surface area (Å²) in [6.45, 7) is 2.14. The van der Waals surface area contributed by atoms with Crippen LogP contribution in [0, 0.1) is 0 Å². The first-order valence-corrected chi connectivity index (χ1v) is 9.26. The minimum atomic E-state index is -0.422. The second-order valence-electron chi connectivity index (χ2n) is 6.58. The average molecular weight is 383 g/mol. The highest BCUT2D eigenvalue weighted by atomic mass is 16.5. The fourth-order valence-electron chi connectivity index (χ4n) is 3.18. The third kappa shape index (κ3) is 4.94.